The topological polar surface area (TPSA) is 71.6 Å². The minimum atomic E-state index is -0.192. The summed E-state index contributed by atoms with van der Waals surface area (Å²) in [6.07, 6.45) is 2.58. The molecule has 0 radical (unpaired) electrons. The second-order valence-electron chi connectivity index (χ2n) is 4.13. The fourth-order valence-electron chi connectivity index (χ4n) is 1.81. The van der Waals surface area contributed by atoms with E-state index in [1.165, 1.54) is 4.68 Å². The summed E-state index contributed by atoms with van der Waals surface area (Å²) in [7, 11) is 0. The maximum Gasteiger partial charge on any atom is 0.271 e. The van der Waals surface area contributed by atoms with Gasteiger partial charge < -0.3 is 0 Å². The van der Waals surface area contributed by atoms with Crippen molar-refractivity contribution in [3.05, 3.63) is 46.4 Å². The first-order valence-corrected chi connectivity index (χ1v) is 6.15. The number of aryl methyl sites for hydroxylation is 1. The summed E-state index contributed by atoms with van der Waals surface area (Å²) < 4.78 is 1.41. The van der Waals surface area contributed by atoms with Crippen LogP contribution in [0.5, 0.6) is 0 Å². The van der Waals surface area contributed by atoms with Crippen molar-refractivity contribution in [1.82, 2.24) is 14.8 Å². The number of hydrogen-bond acceptors (Lipinski definition) is 4. The van der Waals surface area contributed by atoms with E-state index in [1.54, 1.807) is 12.3 Å². The quantitative estimate of drug-likeness (QED) is 0.833. The molecule has 2 aromatic rings. The van der Waals surface area contributed by atoms with Crippen LogP contribution in [0.2, 0.25) is 0 Å². The van der Waals surface area contributed by atoms with E-state index in [1.807, 2.05) is 31.2 Å². The lowest BCUT2D eigenvalue weighted by atomic mass is 10.1. The van der Waals surface area contributed by atoms with Crippen LogP contribution in [0.25, 0.3) is 11.4 Å². The van der Waals surface area contributed by atoms with Crippen LogP contribution in [0.3, 0.4) is 0 Å². The summed E-state index contributed by atoms with van der Waals surface area (Å²) in [5, 5.41) is 13.1. The van der Waals surface area contributed by atoms with E-state index in [-0.39, 0.29) is 12.0 Å². The summed E-state index contributed by atoms with van der Waals surface area (Å²) in [5.41, 5.74) is 1.60. The van der Waals surface area contributed by atoms with E-state index in [0.29, 0.717) is 23.5 Å². The smallest absolute Gasteiger partial charge is 0.267 e. The molecule has 0 saturated carbocycles. The van der Waals surface area contributed by atoms with Crippen LogP contribution in [0.1, 0.15) is 18.9 Å². The van der Waals surface area contributed by atoms with Gasteiger partial charge in [-0.05, 0) is 24.6 Å². The molecule has 0 aliphatic carbocycles. The van der Waals surface area contributed by atoms with Crippen LogP contribution in [0, 0.1) is 11.3 Å². The van der Waals surface area contributed by atoms with Gasteiger partial charge in [-0.25, -0.2) is 4.68 Å². The number of rotatable bonds is 4. The maximum absolute atomic E-state index is 12.1. The van der Waals surface area contributed by atoms with Gasteiger partial charge in [-0.1, -0.05) is 13.0 Å². The molecule has 19 heavy (non-hydrogen) atoms. The molecular weight excluding hydrogens is 240 g/mol. The molecule has 2 aromatic heterocycles. The second-order valence-corrected chi connectivity index (χ2v) is 4.13. The highest BCUT2D eigenvalue weighted by Crippen LogP contribution is 2.13. The van der Waals surface area contributed by atoms with Gasteiger partial charge in [-0.2, -0.15) is 10.4 Å². The van der Waals surface area contributed by atoms with Crippen molar-refractivity contribution in [3.8, 4) is 17.5 Å². The standard InChI is InChI=1S/C14H14N4O/c1-2-9-18-14(19)11(6-7-15)10-13(17-18)12-5-3-4-8-16-12/h3-5,8,10H,2,6,9H2,1H3. The number of pyridine rings is 1. The molecule has 0 aromatic carbocycles. The van der Waals surface area contributed by atoms with E-state index >= 15 is 0 Å². The van der Waals surface area contributed by atoms with E-state index in [0.717, 1.165) is 6.42 Å². The van der Waals surface area contributed by atoms with Crippen molar-refractivity contribution in [2.24, 2.45) is 0 Å². The van der Waals surface area contributed by atoms with Gasteiger partial charge >= 0.3 is 0 Å². The van der Waals surface area contributed by atoms with E-state index < -0.39 is 0 Å². The van der Waals surface area contributed by atoms with Crippen molar-refractivity contribution in [2.45, 2.75) is 26.3 Å². The Labute approximate surface area is 111 Å². The first-order valence-electron chi connectivity index (χ1n) is 6.15. The lowest BCUT2D eigenvalue weighted by molar-refractivity contribution is 0.565. The third-order valence-corrected chi connectivity index (χ3v) is 2.68. The van der Waals surface area contributed by atoms with Gasteiger partial charge in [0.25, 0.3) is 5.56 Å². The fraction of sp³-hybridized carbons (Fsp3) is 0.286. The molecule has 96 valence electrons. The molecule has 0 spiro atoms. The zero-order valence-corrected chi connectivity index (χ0v) is 10.7. The molecule has 2 rings (SSSR count). The fourth-order valence-corrected chi connectivity index (χ4v) is 1.81. The normalized spacial score (nSPS) is 10.1. The van der Waals surface area contributed by atoms with Crippen molar-refractivity contribution < 1.29 is 0 Å². The monoisotopic (exact) mass is 254 g/mol. The average molecular weight is 254 g/mol. The minimum absolute atomic E-state index is 0.0882. The largest absolute Gasteiger partial charge is 0.271 e. The highest BCUT2D eigenvalue weighted by atomic mass is 16.1. The Bertz CT molecular complexity index is 655. The molecule has 0 aliphatic heterocycles. The predicted molar refractivity (Wildman–Crippen MR) is 71.3 cm³/mol. The Morgan fingerprint density at radius 3 is 2.84 bits per heavy atom. The average Bonchev–Trinajstić information content (AvgIpc) is 2.44. The zero-order valence-electron chi connectivity index (χ0n) is 10.7. The van der Waals surface area contributed by atoms with Crippen molar-refractivity contribution in [3.63, 3.8) is 0 Å². The maximum atomic E-state index is 12.1. The van der Waals surface area contributed by atoms with E-state index in [9.17, 15) is 4.79 Å². The van der Waals surface area contributed by atoms with Crippen LogP contribution < -0.4 is 5.56 Å². The van der Waals surface area contributed by atoms with Gasteiger partial charge in [0.2, 0.25) is 0 Å². The summed E-state index contributed by atoms with van der Waals surface area (Å²) >= 11 is 0. The lowest BCUT2D eigenvalue weighted by Gasteiger charge is -2.08. The van der Waals surface area contributed by atoms with Gasteiger partial charge in [0.05, 0.1) is 18.2 Å². The molecule has 2 heterocycles. The molecule has 0 aliphatic rings. The Morgan fingerprint density at radius 2 is 2.21 bits per heavy atom. The van der Waals surface area contributed by atoms with Crippen molar-refractivity contribution >= 4 is 0 Å². The van der Waals surface area contributed by atoms with Crippen LogP contribution in [-0.4, -0.2) is 14.8 Å². The van der Waals surface area contributed by atoms with Gasteiger partial charge in [-0.3, -0.25) is 9.78 Å². The number of hydrogen-bond donors (Lipinski definition) is 0. The lowest BCUT2D eigenvalue weighted by Crippen LogP contribution is -2.26. The van der Waals surface area contributed by atoms with Gasteiger partial charge in [-0.15, -0.1) is 0 Å². The molecule has 0 fully saturated rings. The molecule has 0 saturated heterocycles. The van der Waals surface area contributed by atoms with Gasteiger partial charge in [0.15, 0.2) is 0 Å². The highest BCUT2D eigenvalue weighted by Gasteiger charge is 2.09. The third-order valence-electron chi connectivity index (χ3n) is 2.68. The molecule has 0 N–H and O–H groups in total. The number of nitrogens with zero attached hydrogens (tertiary/aromatic N) is 4. The predicted octanol–water partition coefficient (Wildman–Crippen LogP) is 1.78. The van der Waals surface area contributed by atoms with Crippen molar-refractivity contribution in [1.29, 1.82) is 5.26 Å². The molecule has 0 unspecified atom stereocenters. The second kappa shape index (κ2) is 5.91. The first kappa shape index (κ1) is 13.0. The molecular formula is C14H14N4O. The van der Waals surface area contributed by atoms with Gasteiger partial charge in [0, 0.05) is 18.3 Å². The third kappa shape index (κ3) is 2.86. The van der Waals surface area contributed by atoms with Crippen LogP contribution >= 0.6 is 0 Å². The zero-order chi connectivity index (χ0) is 13.7. The van der Waals surface area contributed by atoms with Gasteiger partial charge in [0.1, 0.15) is 5.69 Å². The Balaban J connectivity index is 2.57. The van der Waals surface area contributed by atoms with E-state index in [2.05, 4.69) is 10.1 Å². The summed E-state index contributed by atoms with van der Waals surface area (Å²) in [6, 6.07) is 9.18. The number of aromatic nitrogens is 3. The molecule has 5 heteroatoms. The highest BCUT2D eigenvalue weighted by molar-refractivity contribution is 5.53. The van der Waals surface area contributed by atoms with Crippen LogP contribution in [-0.2, 0) is 13.0 Å². The Kier molecular flexibility index (Phi) is 4.04. The Morgan fingerprint density at radius 1 is 1.37 bits per heavy atom. The van der Waals surface area contributed by atoms with Crippen LogP contribution in [0.4, 0.5) is 0 Å². The molecule has 0 atom stereocenters. The Hall–Kier alpha value is -2.48. The molecule has 0 bridgehead atoms. The summed E-state index contributed by atoms with van der Waals surface area (Å²) in [5.74, 6) is 0. The minimum Gasteiger partial charge on any atom is -0.267 e. The summed E-state index contributed by atoms with van der Waals surface area (Å²) in [6.45, 7) is 2.52. The molecule has 0 amide bonds. The SMILES string of the molecule is CCCn1nc(-c2ccccn2)cc(CC#N)c1=O. The van der Waals surface area contributed by atoms with Crippen molar-refractivity contribution in [2.75, 3.05) is 0 Å². The van der Waals surface area contributed by atoms with Crippen LogP contribution in [0.15, 0.2) is 35.3 Å². The number of nitriles is 1. The van der Waals surface area contributed by atoms with E-state index in [4.69, 9.17) is 5.26 Å². The summed E-state index contributed by atoms with van der Waals surface area (Å²) in [4.78, 5) is 16.3. The first-order chi connectivity index (χ1) is 9.26. The molecule has 5 nitrogen and oxygen atoms in total.